The molecule has 5 heteroatoms. The third kappa shape index (κ3) is 48.8. The summed E-state index contributed by atoms with van der Waals surface area (Å²) in [5.74, 6) is -0.394. The number of hydrogen-bond donors (Lipinski definition) is 0. The highest BCUT2D eigenvalue weighted by Gasteiger charge is 2.17. The van der Waals surface area contributed by atoms with E-state index in [1.807, 2.05) is 0 Å². The Morgan fingerprint density at radius 1 is 0.383 bits per heavy atom. The molecule has 0 aliphatic heterocycles. The molecule has 0 aliphatic rings. The molecule has 0 aromatic heterocycles. The first-order valence-electron chi connectivity index (χ1n) is 26.5. The number of hydrogen-bond acceptors (Lipinski definition) is 5. The fourth-order valence-corrected chi connectivity index (χ4v) is 7.76. The molecule has 0 bridgehead atoms. The number of ether oxygens (including phenoxy) is 3. The zero-order valence-electron chi connectivity index (χ0n) is 40.5. The van der Waals surface area contributed by atoms with Gasteiger partial charge in [0.1, 0.15) is 6.61 Å². The molecule has 0 rings (SSSR count). The summed E-state index contributed by atoms with van der Waals surface area (Å²) >= 11 is 0. The Labute approximate surface area is 374 Å². The van der Waals surface area contributed by atoms with Crippen molar-refractivity contribution in [2.45, 2.75) is 284 Å². The molecule has 0 spiro atoms. The van der Waals surface area contributed by atoms with Crippen molar-refractivity contribution in [1.82, 2.24) is 0 Å². The highest BCUT2D eigenvalue weighted by molar-refractivity contribution is 5.70. The minimum Gasteiger partial charge on any atom is -0.462 e. The second kappa shape index (κ2) is 51.5. The number of esters is 2. The zero-order chi connectivity index (χ0) is 43.5. The van der Waals surface area contributed by atoms with E-state index in [1.165, 1.54) is 173 Å². The predicted molar refractivity (Wildman–Crippen MR) is 261 cm³/mol. The predicted octanol–water partition coefficient (Wildman–Crippen LogP) is 17.8. The van der Waals surface area contributed by atoms with Crippen LogP contribution in [0, 0.1) is 0 Å². The van der Waals surface area contributed by atoms with Crippen LogP contribution in [0.2, 0.25) is 0 Å². The van der Waals surface area contributed by atoms with Gasteiger partial charge in [0.25, 0.3) is 0 Å². The minimum absolute atomic E-state index is 0.0870. The molecule has 1 atom stereocenters. The summed E-state index contributed by atoms with van der Waals surface area (Å²) in [4.78, 5) is 25.4. The molecule has 0 N–H and O–H groups in total. The molecule has 0 aromatic carbocycles. The van der Waals surface area contributed by atoms with Crippen molar-refractivity contribution >= 4 is 11.9 Å². The molecule has 0 heterocycles. The van der Waals surface area contributed by atoms with Gasteiger partial charge in [0.15, 0.2) is 6.10 Å². The molecule has 0 radical (unpaired) electrons. The molecule has 0 saturated carbocycles. The van der Waals surface area contributed by atoms with Crippen LogP contribution in [0.25, 0.3) is 0 Å². The fourth-order valence-electron chi connectivity index (χ4n) is 7.76. The maximum Gasteiger partial charge on any atom is 0.306 e. The van der Waals surface area contributed by atoms with Gasteiger partial charge in [-0.3, -0.25) is 9.59 Å². The summed E-state index contributed by atoms with van der Waals surface area (Å²) in [5, 5.41) is 0. The maximum absolute atomic E-state index is 12.8. The minimum atomic E-state index is -0.534. The summed E-state index contributed by atoms with van der Waals surface area (Å²) in [6.45, 7) is 7.74. The first-order valence-corrected chi connectivity index (χ1v) is 26.5. The monoisotopic (exact) mass is 843 g/mol. The van der Waals surface area contributed by atoms with Crippen LogP contribution in [0.1, 0.15) is 278 Å². The van der Waals surface area contributed by atoms with Crippen LogP contribution in [0.3, 0.4) is 0 Å². The van der Waals surface area contributed by atoms with Gasteiger partial charge in [0.05, 0.1) is 6.61 Å². The van der Waals surface area contributed by atoms with Crippen LogP contribution in [-0.4, -0.2) is 37.9 Å². The molecule has 0 aliphatic carbocycles. The van der Waals surface area contributed by atoms with Gasteiger partial charge in [-0.2, -0.15) is 0 Å². The van der Waals surface area contributed by atoms with Crippen molar-refractivity contribution in [3.05, 3.63) is 36.5 Å². The Balaban J connectivity index is 4.11. The van der Waals surface area contributed by atoms with Crippen LogP contribution < -0.4 is 0 Å². The van der Waals surface area contributed by atoms with E-state index < -0.39 is 6.10 Å². The SMILES string of the molecule is CC/C=C\C/C=C\C/C=C\CCCCCCCCCC(=O)OC(COCCCCCCCCCC)COC(=O)CCCCCCCCCCCCCCCCCCCCC. The highest BCUT2D eigenvalue weighted by atomic mass is 16.6. The topological polar surface area (TPSA) is 61.8 Å². The Hall–Kier alpha value is -1.88. The summed E-state index contributed by atoms with van der Waals surface area (Å²) in [5.41, 5.74) is 0. The smallest absolute Gasteiger partial charge is 0.306 e. The Kier molecular flexibility index (Phi) is 49.9. The average molecular weight is 843 g/mol. The second-order valence-corrected chi connectivity index (χ2v) is 17.8. The lowest BCUT2D eigenvalue weighted by molar-refractivity contribution is -0.163. The number of unbranched alkanes of at least 4 members (excludes halogenated alkanes) is 32. The third-order valence-electron chi connectivity index (χ3n) is 11.7. The second-order valence-electron chi connectivity index (χ2n) is 17.8. The molecular formula is C55H102O5. The van der Waals surface area contributed by atoms with E-state index in [0.717, 1.165) is 70.6 Å². The van der Waals surface area contributed by atoms with Gasteiger partial charge < -0.3 is 14.2 Å². The Morgan fingerprint density at radius 2 is 0.750 bits per heavy atom. The van der Waals surface area contributed by atoms with Gasteiger partial charge >= 0.3 is 11.9 Å². The summed E-state index contributed by atoms with van der Waals surface area (Å²) in [6.07, 6.45) is 61.6. The standard InChI is InChI=1S/C55H102O5/c1-4-7-10-13-16-19-21-23-25-27-28-30-31-33-35-37-39-42-45-48-54(56)59-52-53(51-58-50-47-44-41-18-15-12-9-6-3)60-55(57)49-46-43-40-38-36-34-32-29-26-24-22-20-17-14-11-8-5-2/h8,11,17,20,24,26,53H,4-7,9-10,12-16,18-19,21-23,25,27-52H2,1-3H3/b11-8-,20-17-,26-24-. The first kappa shape index (κ1) is 58.1. The molecule has 5 nitrogen and oxygen atoms in total. The Morgan fingerprint density at radius 3 is 1.20 bits per heavy atom. The normalized spacial score (nSPS) is 12.4. The van der Waals surface area contributed by atoms with Gasteiger partial charge in [-0.25, -0.2) is 0 Å². The van der Waals surface area contributed by atoms with Crippen LogP contribution in [0.4, 0.5) is 0 Å². The fraction of sp³-hybridized carbons (Fsp3) is 0.855. The zero-order valence-corrected chi connectivity index (χ0v) is 40.5. The van der Waals surface area contributed by atoms with Crippen molar-refractivity contribution in [3.8, 4) is 0 Å². The maximum atomic E-state index is 12.8. The summed E-state index contributed by atoms with van der Waals surface area (Å²) in [7, 11) is 0. The van der Waals surface area contributed by atoms with E-state index in [4.69, 9.17) is 14.2 Å². The number of carbonyl (C=O) groups excluding carboxylic acids is 2. The number of carbonyl (C=O) groups is 2. The molecule has 0 amide bonds. The third-order valence-corrected chi connectivity index (χ3v) is 11.7. The number of rotatable bonds is 49. The van der Waals surface area contributed by atoms with E-state index in [2.05, 4.69) is 57.2 Å². The number of allylic oxidation sites excluding steroid dienone is 6. The van der Waals surface area contributed by atoms with E-state index in [1.54, 1.807) is 0 Å². The summed E-state index contributed by atoms with van der Waals surface area (Å²) < 4.78 is 17.4. The van der Waals surface area contributed by atoms with Gasteiger partial charge in [-0.05, 0) is 51.4 Å². The van der Waals surface area contributed by atoms with Crippen molar-refractivity contribution in [3.63, 3.8) is 0 Å². The van der Waals surface area contributed by atoms with Crippen molar-refractivity contribution in [2.75, 3.05) is 19.8 Å². The molecule has 0 saturated heterocycles. The van der Waals surface area contributed by atoms with Crippen LogP contribution >= 0.6 is 0 Å². The van der Waals surface area contributed by atoms with E-state index in [-0.39, 0.29) is 25.2 Å². The molecule has 1 unspecified atom stereocenters. The van der Waals surface area contributed by atoms with Crippen LogP contribution in [0.5, 0.6) is 0 Å². The van der Waals surface area contributed by atoms with Crippen LogP contribution in [0.15, 0.2) is 36.5 Å². The molecular weight excluding hydrogens is 741 g/mol. The lowest BCUT2D eigenvalue weighted by Crippen LogP contribution is -2.30. The van der Waals surface area contributed by atoms with E-state index in [0.29, 0.717) is 19.4 Å². The summed E-state index contributed by atoms with van der Waals surface area (Å²) in [6, 6.07) is 0. The molecule has 0 fully saturated rings. The molecule has 0 aromatic rings. The molecule has 352 valence electrons. The van der Waals surface area contributed by atoms with Gasteiger partial charge in [0, 0.05) is 19.4 Å². The van der Waals surface area contributed by atoms with Crippen LogP contribution in [-0.2, 0) is 23.8 Å². The quantitative estimate of drug-likeness (QED) is 0.0347. The van der Waals surface area contributed by atoms with Crippen molar-refractivity contribution in [2.24, 2.45) is 0 Å². The van der Waals surface area contributed by atoms with E-state index >= 15 is 0 Å². The van der Waals surface area contributed by atoms with Gasteiger partial charge in [-0.15, -0.1) is 0 Å². The van der Waals surface area contributed by atoms with E-state index in [9.17, 15) is 9.59 Å². The molecule has 60 heavy (non-hydrogen) atoms. The first-order chi connectivity index (χ1) is 29.6. The van der Waals surface area contributed by atoms with Gasteiger partial charge in [-0.1, -0.05) is 250 Å². The average Bonchev–Trinajstić information content (AvgIpc) is 3.25. The lowest BCUT2D eigenvalue weighted by Gasteiger charge is -2.18. The lowest BCUT2D eigenvalue weighted by atomic mass is 10.0. The van der Waals surface area contributed by atoms with Crippen molar-refractivity contribution in [1.29, 1.82) is 0 Å². The largest absolute Gasteiger partial charge is 0.462 e. The van der Waals surface area contributed by atoms with Crippen molar-refractivity contribution < 1.29 is 23.8 Å². The highest BCUT2D eigenvalue weighted by Crippen LogP contribution is 2.16. The Bertz CT molecular complexity index is 955. The van der Waals surface area contributed by atoms with Gasteiger partial charge in [0.2, 0.25) is 0 Å².